The number of Topliss-reactive ketones (excluding diaryl/α,β-unsaturated/α-hetero) is 1. The van der Waals surface area contributed by atoms with Crippen molar-refractivity contribution >= 4 is 5.78 Å². The summed E-state index contributed by atoms with van der Waals surface area (Å²) < 4.78 is 0. The van der Waals surface area contributed by atoms with Crippen molar-refractivity contribution in [3.8, 4) is 0 Å². The molecule has 0 bridgehead atoms. The summed E-state index contributed by atoms with van der Waals surface area (Å²) in [6.07, 6.45) is 0.547. The van der Waals surface area contributed by atoms with Gasteiger partial charge in [-0.2, -0.15) is 0 Å². The maximum absolute atomic E-state index is 11.3. The van der Waals surface area contributed by atoms with Crippen molar-refractivity contribution in [3.05, 3.63) is 29.1 Å². The van der Waals surface area contributed by atoms with Gasteiger partial charge in [0.2, 0.25) is 0 Å². The van der Waals surface area contributed by atoms with Crippen LogP contribution in [0.5, 0.6) is 0 Å². The molecule has 0 aliphatic carbocycles. The minimum atomic E-state index is 0.167. The van der Waals surface area contributed by atoms with E-state index in [4.69, 9.17) is 0 Å². The van der Waals surface area contributed by atoms with Crippen molar-refractivity contribution in [1.29, 1.82) is 0 Å². The number of hydrogen-bond donors (Lipinski definition) is 0. The largest absolute Gasteiger partial charge is 0.294 e. The highest BCUT2D eigenvalue weighted by molar-refractivity contribution is 5.96. The van der Waals surface area contributed by atoms with E-state index in [1.54, 1.807) is 0 Å². The minimum Gasteiger partial charge on any atom is -0.294 e. The Morgan fingerprint density at radius 1 is 1.42 bits per heavy atom. The molecule has 64 valence electrons. The lowest BCUT2D eigenvalue weighted by Crippen LogP contribution is -2.02. The van der Waals surface area contributed by atoms with Gasteiger partial charge in [-0.1, -0.05) is 6.92 Å². The first-order valence-corrected chi connectivity index (χ1v) is 4.12. The summed E-state index contributed by atoms with van der Waals surface area (Å²) in [5, 5.41) is 0. The van der Waals surface area contributed by atoms with E-state index in [9.17, 15) is 4.79 Å². The van der Waals surface area contributed by atoms with Crippen LogP contribution in [0.4, 0.5) is 0 Å². The highest BCUT2D eigenvalue weighted by Crippen LogP contribution is 2.08. The van der Waals surface area contributed by atoms with Crippen molar-refractivity contribution in [2.24, 2.45) is 0 Å². The third kappa shape index (κ3) is 1.70. The molecule has 0 saturated carbocycles. The van der Waals surface area contributed by atoms with Crippen LogP contribution in [0, 0.1) is 13.8 Å². The van der Waals surface area contributed by atoms with Gasteiger partial charge in [0, 0.05) is 23.4 Å². The zero-order valence-corrected chi connectivity index (χ0v) is 7.72. The molecule has 12 heavy (non-hydrogen) atoms. The fraction of sp³-hybridized carbons (Fsp3) is 0.400. The van der Waals surface area contributed by atoms with Crippen LogP contribution >= 0.6 is 0 Å². The third-order valence-corrected chi connectivity index (χ3v) is 1.85. The van der Waals surface area contributed by atoms with Gasteiger partial charge >= 0.3 is 0 Å². The normalized spacial score (nSPS) is 9.92. The van der Waals surface area contributed by atoms with E-state index >= 15 is 0 Å². The quantitative estimate of drug-likeness (QED) is 0.626. The zero-order chi connectivity index (χ0) is 9.14. The first kappa shape index (κ1) is 8.91. The van der Waals surface area contributed by atoms with Crippen LogP contribution in [-0.4, -0.2) is 10.8 Å². The molecule has 0 atom stereocenters. The molecular weight excluding hydrogens is 150 g/mol. The van der Waals surface area contributed by atoms with E-state index in [1.165, 1.54) is 0 Å². The van der Waals surface area contributed by atoms with Crippen LogP contribution in [0.25, 0.3) is 0 Å². The SMILES string of the molecule is CCC(=O)c1ccc(C)nc1C. The van der Waals surface area contributed by atoms with Gasteiger partial charge in [0.25, 0.3) is 0 Å². The van der Waals surface area contributed by atoms with E-state index in [0.717, 1.165) is 17.0 Å². The van der Waals surface area contributed by atoms with Gasteiger partial charge in [0.05, 0.1) is 0 Å². The number of nitrogens with zero attached hydrogens (tertiary/aromatic N) is 1. The summed E-state index contributed by atoms with van der Waals surface area (Å²) in [4.78, 5) is 15.5. The third-order valence-electron chi connectivity index (χ3n) is 1.85. The molecule has 0 amide bonds. The lowest BCUT2D eigenvalue weighted by atomic mass is 10.1. The maximum atomic E-state index is 11.3. The summed E-state index contributed by atoms with van der Waals surface area (Å²) in [6.45, 7) is 5.66. The van der Waals surface area contributed by atoms with Crippen LogP contribution in [0.15, 0.2) is 12.1 Å². The highest BCUT2D eigenvalue weighted by Gasteiger charge is 2.06. The molecule has 1 rings (SSSR count). The lowest BCUT2D eigenvalue weighted by Gasteiger charge is -2.02. The molecule has 0 unspecified atom stereocenters. The second-order valence-corrected chi connectivity index (χ2v) is 2.86. The van der Waals surface area contributed by atoms with Crippen molar-refractivity contribution in [1.82, 2.24) is 4.98 Å². The molecule has 1 aromatic rings. The summed E-state index contributed by atoms with van der Waals surface area (Å²) in [5.41, 5.74) is 2.55. The molecule has 2 heteroatoms. The van der Waals surface area contributed by atoms with Gasteiger partial charge in [-0.3, -0.25) is 9.78 Å². The first-order valence-electron chi connectivity index (χ1n) is 4.12. The average Bonchev–Trinajstić information content (AvgIpc) is 2.03. The van der Waals surface area contributed by atoms with Crippen molar-refractivity contribution in [2.45, 2.75) is 27.2 Å². The Balaban J connectivity index is 3.09. The molecule has 0 aromatic carbocycles. The molecule has 0 aliphatic rings. The van der Waals surface area contributed by atoms with Crippen molar-refractivity contribution in [3.63, 3.8) is 0 Å². The highest BCUT2D eigenvalue weighted by atomic mass is 16.1. The Morgan fingerprint density at radius 2 is 2.08 bits per heavy atom. The van der Waals surface area contributed by atoms with Crippen molar-refractivity contribution < 1.29 is 4.79 Å². The second kappa shape index (κ2) is 3.48. The summed E-state index contributed by atoms with van der Waals surface area (Å²) in [5.74, 6) is 0.167. The monoisotopic (exact) mass is 163 g/mol. The average molecular weight is 163 g/mol. The molecule has 0 aliphatic heterocycles. The van der Waals surface area contributed by atoms with Crippen LogP contribution in [0.2, 0.25) is 0 Å². The summed E-state index contributed by atoms with van der Waals surface area (Å²) in [6, 6.07) is 3.72. The molecular formula is C10H13NO. The molecule has 1 aromatic heterocycles. The Bertz CT molecular complexity index is 305. The summed E-state index contributed by atoms with van der Waals surface area (Å²) in [7, 11) is 0. The van der Waals surface area contributed by atoms with E-state index in [-0.39, 0.29) is 5.78 Å². The molecule has 2 nitrogen and oxygen atoms in total. The predicted octanol–water partition coefficient (Wildman–Crippen LogP) is 2.29. The van der Waals surface area contributed by atoms with Gasteiger partial charge < -0.3 is 0 Å². The first-order chi connectivity index (χ1) is 5.65. The smallest absolute Gasteiger partial charge is 0.164 e. The lowest BCUT2D eigenvalue weighted by molar-refractivity contribution is 0.0987. The fourth-order valence-corrected chi connectivity index (χ4v) is 1.17. The Kier molecular flexibility index (Phi) is 2.58. The van der Waals surface area contributed by atoms with Gasteiger partial charge in [0.15, 0.2) is 5.78 Å². The summed E-state index contributed by atoms with van der Waals surface area (Å²) >= 11 is 0. The number of rotatable bonds is 2. The molecule has 0 fully saturated rings. The number of aryl methyl sites for hydroxylation is 2. The molecule has 1 heterocycles. The van der Waals surface area contributed by atoms with Gasteiger partial charge in [-0.25, -0.2) is 0 Å². The number of carbonyl (C=O) groups excluding carboxylic acids is 1. The Morgan fingerprint density at radius 3 is 2.58 bits per heavy atom. The van der Waals surface area contributed by atoms with Gasteiger partial charge in [-0.05, 0) is 26.0 Å². The maximum Gasteiger partial charge on any atom is 0.164 e. The topological polar surface area (TPSA) is 30.0 Å². The number of hydrogen-bond acceptors (Lipinski definition) is 2. The molecule has 0 N–H and O–H groups in total. The van der Waals surface area contributed by atoms with Gasteiger partial charge in [-0.15, -0.1) is 0 Å². The Labute approximate surface area is 72.6 Å². The van der Waals surface area contributed by atoms with Crippen LogP contribution < -0.4 is 0 Å². The number of ketones is 1. The van der Waals surface area contributed by atoms with E-state index in [2.05, 4.69) is 4.98 Å². The number of aromatic nitrogens is 1. The minimum absolute atomic E-state index is 0.167. The van der Waals surface area contributed by atoms with Crippen molar-refractivity contribution in [2.75, 3.05) is 0 Å². The van der Waals surface area contributed by atoms with E-state index in [1.807, 2.05) is 32.9 Å². The van der Waals surface area contributed by atoms with Gasteiger partial charge in [0.1, 0.15) is 0 Å². The van der Waals surface area contributed by atoms with E-state index in [0.29, 0.717) is 6.42 Å². The second-order valence-electron chi connectivity index (χ2n) is 2.86. The molecule has 0 radical (unpaired) electrons. The number of pyridine rings is 1. The standard InChI is InChI=1S/C10H13NO/c1-4-10(12)9-6-5-7(2)11-8(9)3/h5-6H,4H2,1-3H3. The van der Waals surface area contributed by atoms with E-state index < -0.39 is 0 Å². The number of carbonyl (C=O) groups is 1. The van der Waals surface area contributed by atoms with Crippen LogP contribution in [-0.2, 0) is 0 Å². The fourth-order valence-electron chi connectivity index (χ4n) is 1.17. The molecule has 0 saturated heterocycles. The predicted molar refractivity (Wildman–Crippen MR) is 48.3 cm³/mol. The zero-order valence-electron chi connectivity index (χ0n) is 7.72. The Hall–Kier alpha value is -1.18. The van der Waals surface area contributed by atoms with Crippen LogP contribution in [0.1, 0.15) is 35.1 Å². The molecule has 0 spiro atoms. The van der Waals surface area contributed by atoms with Crippen LogP contribution in [0.3, 0.4) is 0 Å².